The maximum absolute atomic E-state index is 13.1. The molecule has 1 atom stereocenters. The van der Waals surface area contributed by atoms with Gasteiger partial charge in [-0.2, -0.15) is 13.2 Å². The Morgan fingerprint density at radius 2 is 1.64 bits per heavy atom. The van der Waals surface area contributed by atoms with Crippen LogP contribution in [-0.2, 0) is 17.5 Å². The van der Waals surface area contributed by atoms with Crippen molar-refractivity contribution in [3.05, 3.63) is 108 Å². The highest BCUT2D eigenvalue weighted by Gasteiger charge is 2.30. The second kappa shape index (κ2) is 12.5. The highest BCUT2D eigenvalue weighted by Crippen LogP contribution is 2.34. The first-order chi connectivity index (χ1) is 20.2. The van der Waals surface area contributed by atoms with Gasteiger partial charge in [-0.1, -0.05) is 42.5 Å². The first kappa shape index (κ1) is 29.0. The zero-order valence-electron chi connectivity index (χ0n) is 23.1. The van der Waals surface area contributed by atoms with E-state index in [2.05, 4.69) is 5.32 Å². The number of hydrogen-bond acceptors (Lipinski definition) is 4. The van der Waals surface area contributed by atoms with Gasteiger partial charge in [0.05, 0.1) is 5.56 Å². The van der Waals surface area contributed by atoms with Crippen LogP contribution in [0.4, 0.5) is 18.0 Å². The van der Waals surface area contributed by atoms with E-state index < -0.39 is 11.7 Å². The van der Waals surface area contributed by atoms with E-state index in [4.69, 9.17) is 9.47 Å². The molecule has 4 aromatic carbocycles. The van der Waals surface area contributed by atoms with Gasteiger partial charge in [-0.3, -0.25) is 4.79 Å². The number of ether oxygens (including phenoxy) is 2. The minimum Gasteiger partial charge on any atom is -0.457 e. The molecule has 0 unspecified atom stereocenters. The van der Waals surface area contributed by atoms with E-state index >= 15 is 0 Å². The predicted octanol–water partition coefficient (Wildman–Crippen LogP) is 7.82. The predicted molar refractivity (Wildman–Crippen MR) is 153 cm³/mol. The quantitative estimate of drug-likeness (QED) is 0.244. The third-order valence-corrected chi connectivity index (χ3v) is 7.58. The van der Waals surface area contributed by atoms with Gasteiger partial charge in [0.15, 0.2) is 0 Å². The Hall–Kier alpha value is -4.53. The topological polar surface area (TPSA) is 67.9 Å². The van der Waals surface area contributed by atoms with Crippen molar-refractivity contribution in [2.75, 3.05) is 13.1 Å². The van der Waals surface area contributed by atoms with E-state index in [9.17, 15) is 22.8 Å². The summed E-state index contributed by atoms with van der Waals surface area (Å²) in [5.74, 6) is 0.766. The summed E-state index contributed by atoms with van der Waals surface area (Å²) in [6.07, 6.45) is -3.23. The molecule has 0 aromatic heterocycles. The number of halogens is 3. The first-order valence-corrected chi connectivity index (χ1v) is 13.8. The van der Waals surface area contributed by atoms with Crippen LogP contribution in [-0.4, -0.2) is 36.0 Å². The summed E-state index contributed by atoms with van der Waals surface area (Å²) in [6, 6.07) is 24.6. The van der Waals surface area contributed by atoms with Crippen LogP contribution in [0.15, 0.2) is 91.0 Å². The van der Waals surface area contributed by atoms with Crippen LogP contribution < -0.4 is 10.1 Å². The fourth-order valence-electron chi connectivity index (χ4n) is 5.12. The third kappa shape index (κ3) is 7.02. The molecule has 0 bridgehead atoms. The molecule has 42 heavy (non-hydrogen) atoms. The fraction of sp³-hybridized carbons (Fsp3) is 0.273. The van der Waals surface area contributed by atoms with E-state index in [1.165, 1.54) is 12.1 Å². The molecule has 0 aliphatic carbocycles. The lowest BCUT2D eigenvalue weighted by atomic mass is 9.90. The Balaban J connectivity index is 1.15. The monoisotopic (exact) mass is 576 g/mol. The average molecular weight is 577 g/mol. The molecule has 5 rings (SSSR count). The van der Waals surface area contributed by atoms with E-state index in [0.717, 1.165) is 41.3 Å². The SMILES string of the molecule is C[C@@H](NC(=O)c1ccc2c(Oc3ccc(C(F)(F)F)cc3)cccc2c1)C1CCN(C(=O)OCc2ccccc2)CC1. The molecule has 1 aliphatic rings. The number of likely N-dealkylation sites (tertiary alicyclic amines) is 1. The number of rotatable bonds is 7. The molecule has 1 saturated heterocycles. The molecule has 1 aliphatic heterocycles. The summed E-state index contributed by atoms with van der Waals surface area (Å²) >= 11 is 0. The Morgan fingerprint density at radius 1 is 0.929 bits per heavy atom. The minimum atomic E-state index is -4.42. The van der Waals surface area contributed by atoms with Gasteiger partial charge in [-0.05, 0) is 85.2 Å². The van der Waals surface area contributed by atoms with Gasteiger partial charge in [0.25, 0.3) is 5.91 Å². The fourth-order valence-corrected chi connectivity index (χ4v) is 5.12. The molecule has 4 aromatic rings. The summed E-state index contributed by atoms with van der Waals surface area (Å²) < 4.78 is 49.9. The lowest BCUT2D eigenvalue weighted by Gasteiger charge is -2.34. The molecule has 0 spiro atoms. The number of amides is 2. The van der Waals surface area contributed by atoms with Gasteiger partial charge < -0.3 is 19.7 Å². The van der Waals surface area contributed by atoms with Crippen molar-refractivity contribution in [3.63, 3.8) is 0 Å². The number of nitrogens with one attached hydrogen (secondary N) is 1. The van der Waals surface area contributed by atoms with Crippen LogP contribution in [0.5, 0.6) is 11.5 Å². The number of nitrogens with zero attached hydrogens (tertiary/aromatic N) is 1. The van der Waals surface area contributed by atoms with E-state index in [1.807, 2.05) is 43.3 Å². The molecule has 1 heterocycles. The Bertz CT molecular complexity index is 1530. The van der Waals surface area contributed by atoms with E-state index in [0.29, 0.717) is 24.4 Å². The number of benzene rings is 4. The van der Waals surface area contributed by atoms with Crippen LogP contribution in [0.25, 0.3) is 10.8 Å². The first-order valence-electron chi connectivity index (χ1n) is 13.8. The molecule has 1 N–H and O–H groups in total. The van der Waals surface area contributed by atoms with Crippen LogP contribution in [0.2, 0.25) is 0 Å². The van der Waals surface area contributed by atoms with Gasteiger partial charge in [-0.25, -0.2) is 4.79 Å². The van der Waals surface area contributed by atoms with Crippen molar-refractivity contribution in [3.8, 4) is 11.5 Å². The molecule has 9 heteroatoms. The third-order valence-electron chi connectivity index (χ3n) is 7.58. The second-order valence-electron chi connectivity index (χ2n) is 10.4. The van der Waals surface area contributed by atoms with Crippen molar-refractivity contribution in [2.45, 2.75) is 38.6 Å². The summed E-state index contributed by atoms with van der Waals surface area (Å²) in [5.41, 5.74) is 0.682. The lowest BCUT2D eigenvalue weighted by Crippen LogP contribution is -2.45. The second-order valence-corrected chi connectivity index (χ2v) is 10.4. The number of fused-ring (bicyclic) bond motifs is 1. The van der Waals surface area contributed by atoms with E-state index in [1.54, 1.807) is 35.2 Å². The van der Waals surface area contributed by atoms with Crippen molar-refractivity contribution < 1.29 is 32.2 Å². The smallest absolute Gasteiger partial charge is 0.416 e. The van der Waals surface area contributed by atoms with E-state index in [-0.39, 0.29) is 36.3 Å². The highest BCUT2D eigenvalue weighted by molar-refractivity contribution is 6.00. The van der Waals surface area contributed by atoms with Crippen molar-refractivity contribution in [2.24, 2.45) is 5.92 Å². The molecule has 218 valence electrons. The Labute approximate surface area is 242 Å². The summed E-state index contributed by atoms with van der Waals surface area (Å²) in [4.78, 5) is 27.3. The maximum Gasteiger partial charge on any atom is 0.416 e. The van der Waals surface area contributed by atoms with Crippen LogP contribution in [0, 0.1) is 5.92 Å². The van der Waals surface area contributed by atoms with Crippen LogP contribution in [0.1, 0.15) is 41.3 Å². The van der Waals surface area contributed by atoms with Crippen molar-refractivity contribution in [1.82, 2.24) is 10.2 Å². The standard InChI is InChI=1S/C33H31F3N2O4/c1-22(24-16-18-38(19-17-24)32(40)41-21-23-6-3-2-4-7-23)37-31(39)26-10-15-29-25(20-26)8-5-9-30(29)42-28-13-11-27(12-14-28)33(34,35)36/h2-15,20,22,24H,16-19,21H2,1H3,(H,37,39)/t22-/m1/s1. The zero-order chi connectivity index (χ0) is 29.7. The van der Waals surface area contributed by atoms with Gasteiger partial charge in [0.1, 0.15) is 18.1 Å². The molecular weight excluding hydrogens is 545 g/mol. The summed E-state index contributed by atoms with van der Waals surface area (Å²) in [7, 11) is 0. The highest BCUT2D eigenvalue weighted by atomic mass is 19.4. The van der Waals surface area contributed by atoms with Crippen LogP contribution in [0.3, 0.4) is 0 Å². The van der Waals surface area contributed by atoms with Gasteiger partial charge >= 0.3 is 12.3 Å². The molecule has 2 amide bonds. The van der Waals surface area contributed by atoms with Crippen molar-refractivity contribution >= 4 is 22.8 Å². The number of carbonyl (C=O) groups excluding carboxylic acids is 2. The Morgan fingerprint density at radius 3 is 2.33 bits per heavy atom. The number of alkyl halides is 3. The molecular formula is C33H31F3N2O4. The largest absolute Gasteiger partial charge is 0.457 e. The molecule has 6 nitrogen and oxygen atoms in total. The normalized spacial score (nSPS) is 14.8. The minimum absolute atomic E-state index is 0.0926. The molecule has 1 fully saturated rings. The summed E-state index contributed by atoms with van der Waals surface area (Å²) in [6.45, 7) is 3.34. The molecule has 0 radical (unpaired) electrons. The number of hydrogen-bond donors (Lipinski definition) is 1. The molecule has 0 saturated carbocycles. The number of piperidine rings is 1. The number of carbonyl (C=O) groups is 2. The van der Waals surface area contributed by atoms with Gasteiger partial charge in [-0.15, -0.1) is 0 Å². The summed E-state index contributed by atoms with van der Waals surface area (Å²) in [5, 5.41) is 4.59. The van der Waals surface area contributed by atoms with Gasteiger partial charge in [0.2, 0.25) is 0 Å². The Kier molecular flexibility index (Phi) is 8.66. The average Bonchev–Trinajstić information content (AvgIpc) is 3.00. The lowest BCUT2D eigenvalue weighted by molar-refractivity contribution is -0.137. The maximum atomic E-state index is 13.1. The zero-order valence-corrected chi connectivity index (χ0v) is 23.1. The van der Waals surface area contributed by atoms with Crippen molar-refractivity contribution in [1.29, 1.82) is 0 Å². The van der Waals surface area contributed by atoms with Gasteiger partial charge in [0, 0.05) is 30.1 Å². The van der Waals surface area contributed by atoms with Crippen LogP contribution >= 0.6 is 0 Å².